The van der Waals surface area contributed by atoms with Crippen molar-refractivity contribution in [1.29, 1.82) is 0 Å². The van der Waals surface area contributed by atoms with Gasteiger partial charge in [0.2, 0.25) is 0 Å². The van der Waals surface area contributed by atoms with Crippen LogP contribution in [0.15, 0.2) is 0 Å². The van der Waals surface area contributed by atoms with Crippen LogP contribution in [0.2, 0.25) is 0 Å². The number of halogens is 2. The molecule has 0 aromatic rings. The van der Waals surface area contributed by atoms with Crippen LogP contribution >= 0.6 is 32.5 Å². The maximum atomic E-state index is 10.7. The van der Waals surface area contributed by atoms with E-state index in [1.807, 2.05) is 19.0 Å². The van der Waals surface area contributed by atoms with Gasteiger partial charge in [-0.05, 0) is 14.1 Å². The molecule has 1 atom stereocenters. The van der Waals surface area contributed by atoms with Gasteiger partial charge in [-0.25, -0.2) is 2.92 Å². The molecule has 14 heavy (non-hydrogen) atoms. The molecule has 0 bridgehead atoms. The van der Waals surface area contributed by atoms with Gasteiger partial charge in [-0.2, -0.15) is 0 Å². The van der Waals surface area contributed by atoms with Crippen molar-refractivity contribution in [3.8, 4) is 0 Å². The van der Waals surface area contributed by atoms with Gasteiger partial charge in [0.1, 0.15) is 32.5 Å². The van der Waals surface area contributed by atoms with Crippen LogP contribution in [-0.2, 0) is 12.5 Å². The molecule has 0 fully saturated rings. The lowest BCUT2D eigenvalue weighted by molar-refractivity contribution is -0.141. The van der Waals surface area contributed by atoms with Gasteiger partial charge in [-0.1, -0.05) is 0 Å². The fourth-order valence-corrected chi connectivity index (χ4v) is 0.831. The quantitative estimate of drug-likeness (QED) is 0.778. The third kappa shape index (κ3) is 14.8. The van der Waals surface area contributed by atoms with E-state index in [0.29, 0.717) is 6.54 Å². The van der Waals surface area contributed by atoms with Gasteiger partial charge < -0.3 is 15.4 Å². The van der Waals surface area contributed by atoms with Crippen LogP contribution in [-0.4, -0.2) is 44.7 Å². The van der Waals surface area contributed by atoms with Crippen LogP contribution in [0.3, 0.4) is 0 Å². The highest BCUT2D eigenvalue weighted by molar-refractivity contribution is 9.18. The first-order valence-electron chi connectivity index (χ1n) is 3.84. The van der Waals surface area contributed by atoms with Crippen LogP contribution in [0.5, 0.6) is 0 Å². The Labute approximate surface area is 102 Å². The van der Waals surface area contributed by atoms with E-state index < -0.39 is 0 Å². The predicted octanol–water partition coefficient (Wildman–Crippen LogP) is 1.06. The molecule has 0 heterocycles. The second kappa shape index (κ2) is 11.4. The summed E-state index contributed by atoms with van der Waals surface area (Å²) in [6, 6.07) is -0.127. The first kappa shape index (κ1) is 16.7. The maximum absolute atomic E-state index is 10.7. The number of nitrogens with two attached hydrogens (primary N) is 1. The molecule has 0 radical (unpaired) electrons. The number of hydrogen-bond acceptors (Lipinski definition) is 5. The van der Waals surface area contributed by atoms with E-state index in [4.69, 9.17) is 5.73 Å². The average Bonchev–Trinajstić information content (AvgIpc) is 2.03. The molecule has 0 saturated carbocycles. The number of nitrogens with zero attached hydrogens (tertiary/aromatic N) is 1. The average molecular weight is 336 g/mol. The number of likely N-dealkylation sites (N-methyl/N-ethyl adjacent to an activating group) is 1. The molecule has 5 nitrogen and oxygen atoms in total. The molecule has 0 saturated heterocycles. The summed E-state index contributed by atoms with van der Waals surface area (Å²) in [7, 11) is 5.19. The Morgan fingerprint density at radius 3 is 2.21 bits per heavy atom. The van der Waals surface area contributed by atoms with Crippen molar-refractivity contribution < 1.29 is 12.5 Å². The minimum Gasteiger partial charge on any atom is -0.469 e. The molecule has 0 aromatic carbocycles. The Balaban J connectivity index is 0. The third-order valence-electron chi connectivity index (χ3n) is 1.26. The lowest BCUT2D eigenvalue weighted by atomic mass is 10.2. The Kier molecular flexibility index (Phi) is 13.6. The molecule has 2 N–H and O–H groups in total. The van der Waals surface area contributed by atoms with Crippen molar-refractivity contribution in [3.63, 3.8) is 0 Å². The van der Waals surface area contributed by atoms with Gasteiger partial charge >= 0.3 is 5.97 Å². The SMILES string of the molecule is BrOBr.COC(=O)C[C@@H](N)CN(C)C. The number of methoxy groups -OCH3 is 1. The molecule has 86 valence electrons. The lowest BCUT2D eigenvalue weighted by Crippen LogP contribution is -2.35. The summed E-state index contributed by atoms with van der Waals surface area (Å²) in [6.45, 7) is 0.703. The van der Waals surface area contributed by atoms with Crippen LogP contribution < -0.4 is 5.73 Å². The van der Waals surface area contributed by atoms with Crippen LogP contribution in [0.1, 0.15) is 6.42 Å². The molecular weight excluding hydrogens is 320 g/mol. The molecule has 0 spiro atoms. The number of esters is 1. The zero-order valence-corrected chi connectivity index (χ0v) is 11.7. The van der Waals surface area contributed by atoms with Gasteiger partial charge in [-0.3, -0.25) is 4.79 Å². The zero-order chi connectivity index (χ0) is 11.6. The van der Waals surface area contributed by atoms with E-state index in [1.165, 1.54) is 7.11 Å². The molecular formula is C7H16Br2N2O3. The van der Waals surface area contributed by atoms with Crippen molar-refractivity contribution in [2.24, 2.45) is 5.73 Å². The largest absolute Gasteiger partial charge is 0.469 e. The molecule has 0 aromatic heterocycles. The van der Waals surface area contributed by atoms with Crippen molar-refractivity contribution in [1.82, 2.24) is 4.90 Å². The first-order valence-corrected chi connectivity index (χ1v) is 5.13. The molecule has 0 aliphatic rings. The highest BCUT2D eigenvalue weighted by atomic mass is 79.9. The molecule has 0 aliphatic heterocycles. The molecule has 0 rings (SSSR count). The van der Waals surface area contributed by atoms with Gasteiger partial charge in [0, 0.05) is 12.6 Å². The van der Waals surface area contributed by atoms with Crippen molar-refractivity contribution in [2.75, 3.05) is 27.7 Å². The minimum absolute atomic E-state index is 0.127. The Morgan fingerprint density at radius 1 is 1.50 bits per heavy atom. The fraction of sp³-hybridized carbons (Fsp3) is 0.857. The smallest absolute Gasteiger partial charge is 0.307 e. The standard InChI is InChI=1S/C7H16N2O2.Br2O/c1-9(2)5-6(8)4-7(10)11-3;1-3-2/h6H,4-5,8H2,1-3H3;/t6-;/m1./s1. The number of rotatable bonds is 4. The number of ether oxygens (including phenoxy) is 1. The normalized spacial score (nSPS) is 11.6. The second-order valence-electron chi connectivity index (χ2n) is 2.86. The number of carbonyl (C=O) groups excluding carboxylic acids is 1. The summed E-state index contributed by atoms with van der Waals surface area (Å²) >= 11 is 5.12. The van der Waals surface area contributed by atoms with E-state index in [-0.39, 0.29) is 18.4 Å². The third-order valence-corrected chi connectivity index (χ3v) is 1.26. The summed E-state index contributed by atoms with van der Waals surface area (Å²) < 4.78 is 8.34. The summed E-state index contributed by atoms with van der Waals surface area (Å²) in [4.78, 5) is 12.6. The second-order valence-corrected chi connectivity index (χ2v) is 4.38. The van der Waals surface area contributed by atoms with Gasteiger partial charge in [-0.15, -0.1) is 0 Å². The van der Waals surface area contributed by atoms with Crippen molar-refractivity contribution in [3.05, 3.63) is 0 Å². The van der Waals surface area contributed by atoms with E-state index >= 15 is 0 Å². The molecule has 0 amide bonds. The Bertz CT molecular complexity index is 147. The molecule has 7 heteroatoms. The molecule has 0 unspecified atom stereocenters. The van der Waals surface area contributed by atoms with E-state index in [1.54, 1.807) is 0 Å². The number of carbonyl (C=O) groups is 1. The minimum atomic E-state index is -0.251. The van der Waals surface area contributed by atoms with Crippen LogP contribution in [0.25, 0.3) is 0 Å². The monoisotopic (exact) mass is 334 g/mol. The van der Waals surface area contributed by atoms with Crippen molar-refractivity contribution >= 4 is 38.5 Å². The van der Waals surface area contributed by atoms with Crippen LogP contribution in [0, 0.1) is 0 Å². The van der Waals surface area contributed by atoms with E-state index in [0.717, 1.165) is 0 Å². The van der Waals surface area contributed by atoms with Gasteiger partial charge in [0.15, 0.2) is 0 Å². The van der Waals surface area contributed by atoms with E-state index in [9.17, 15) is 4.79 Å². The highest BCUT2D eigenvalue weighted by Gasteiger charge is 2.09. The van der Waals surface area contributed by atoms with Gasteiger partial charge in [0.05, 0.1) is 13.5 Å². The summed E-state index contributed by atoms with van der Waals surface area (Å²) in [5.74, 6) is -0.251. The van der Waals surface area contributed by atoms with Crippen LogP contribution in [0.4, 0.5) is 0 Å². The summed E-state index contributed by atoms with van der Waals surface area (Å²) in [5.41, 5.74) is 5.61. The fourth-order valence-electron chi connectivity index (χ4n) is 0.831. The highest BCUT2D eigenvalue weighted by Crippen LogP contribution is 1.91. The maximum Gasteiger partial charge on any atom is 0.307 e. The Morgan fingerprint density at radius 2 is 1.93 bits per heavy atom. The summed E-state index contributed by atoms with van der Waals surface area (Å²) in [5, 5.41) is 0. The zero-order valence-electron chi connectivity index (χ0n) is 8.50. The molecule has 0 aliphatic carbocycles. The summed E-state index contributed by atoms with van der Waals surface area (Å²) in [6.07, 6.45) is 0.286. The lowest BCUT2D eigenvalue weighted by Gasteiger charge is -2.15. The first-order chi connectivity index (χ1) is 6.47. The van der Waals surface area contributed by atoms with Gasteiger partial charge in [0.25, 0.3) is 0 Å². The number of hydrogen-bond donors (Lipinski definition) is 1. The Hall–Kier alpha value is 0.310. The predicted molar refractivity (Wildman–Crippen MR) is 62.1 cm³/mol. The van der Waals surface area contributed by atoms with E-state index in [2.05, 4.69) is 40.2 Å². The topological polar surface area (TPSA) is 64.8 Å². The van der Waals surface area contributed by atoms with Crippen molar-refractivity contribution in [2.45, 2.75) is 12.5 Å².